The molecule has 0 saturated heterocycles. The molecule has 0 fully saturated rings. The van der Waals surface area contributed by atoms with E-state index in [2.05, 4.69) is 4.72 Å². The van der Waals surface area contributed by atoms with Gasteiger partial charge in [-0.05, 0) is 37.3 Å². The van der Waals surface area contributed by atoms with Gasteiger partial charge < -0.3 is 14.3 Å². The van der Waals surface area contributed by atoms with E-state index in [9.17, 15) is 32.8 Å². The van der Waals surface area contributed by atoms with E-state index in [-0.39, 0.29) is 28.0 Å². The van der Waals surface area contributed by atoms with Crippen molar-refractivity contribution in [2.75, 3.05) is 4.72 Å². The van der Waals surface area contributed by atoms with E-state index in [1.165, 1.54) is 25.1 Å². The molecule has 1 heterocycles. The molecule has 0 spiro atoms. The van der Waals surface area contributed by atoms with Crippen molar-refractivity contribution < 1.29 is 32.0 Å². The molecule has 0 bridgehead atoms. The molecule has 0 radical (unpaired) electrons. The van der Waals surface area contributed by atoms with Crippen LogP contribution in [0.5, 0.6) is 0 Å². The number of nitrogens with zero attached hydrogens (tertiary/aromatic N) is 1. The highest BCUT2D eigenvalue weighted by atomic mass is 32.2. The number of benzene rings is 2. The molecule has 9 nitrogen and oxygen atoms in total. The third kappa shape index (κ3) is 3.31. The number of hydrogen-bond acceptors (Lipinski definition) is 7. The fraction of sp³-hybridized carbons (Fsp3) is 0.0625. The molecule has 0 saturated carbocycles. The van der Waals surface area contributed by atoms with Gasteiger partial charge in [-0.1, -0.05) is 0 Å². The minimum Gasteiger partial charge on any atom is -0.545 e. The lowest BCUT2D eigenvalue weighted by Crippen LogP contribution is -2.22. The highest BCUT2D eigenvalue weighted by Crippen LogP contribution is 2.29. The number of rotatable bonds is 5. The van der Waals surface area contributed by atoms with Crippen molar-refractivity contribution in [1.29, 1.82) is 0 Å². The van der Waals surface area contributed by atoms with Gasteiger partial charge in [0, 0.05) is 22.7 Å². The van der Waals surface area contributed by atoms with Crippen LogP contribution >= 0.6 is 0 Å². The number of nitro benzene ring substituents is 1. The number of hydrogen-bond donors (Lipinski definition) is 1. The van der Waals surface area contributed by atoms with Gasteiger partial charge in [-0.2, -0.15) is 4.39 Å². The molecule has 2 aromatic carbocycles. The summed E-state index contributed by atoms with van der Waals surface area (Å²) in [6.45, 7) is 1.42. The molecule has 140 valence electrons. The van der Waals surface area contributed by atoms with Crippen LogP contribution in [0.3, 0.4) is 0 Å². The summed E-state index contributed by atoms with van der Waals surface area (Å²) in [5.74, 6) is -2.56. The largest absolute Gasteiger partial charge is 0.545 e. The van der Waals surface area contributed by atoms with Gasteiger partial charge in [-0.3, -0.25) is 14.8 Å². The third-order valence-electron chi connectivity index (χ3n) is 3.74. The number of furan rings is 1. The molecule has 27 heavy (non-hydrogen) atoms. The third-order valence-corrected chi connectivity index (χ3v) is 5.12. The Kier molecular flexibility index (Phi) is 4.31. The van der Waals surface area contributed by atoms with Crippen molar-refractivity contribution in [2.24, 2.45) is 0 Å². The number of nitrogens with one attached hydrogen (secondary N) is 1. The summed E-state index contributed by atoms with van der Waals surface area (Å²) in [5.41, 5.74) is -1.01. The first-order chi connectivity index (χ1) is 12.6. The van der Waals surface area contributed by atoms with Crippen LogP contribution in [0.2, 0.25) is 0 Å². The first-order valence-corrected chi connectivity index (χ1v) is 8.80. The van der Waals surface area contributed by atoms with Crippen LogP contribution in [0.15, 0.2) is 45.7 Å². The molecule has 0 aliphatic carbocycles. The first-order valence-electron chi connectivity index (χ1n) is 7.31. The van der Waals surface area contributed by atoms with Crippen LogP contribution in [-0.2, 0) is 10.0 Å². The van der Waals surface area contributed by atoms with Crippen LogP contribution in [-0.4, -0.2) is 19.3 Å². The van der Waals surface area contributed by atoms with Crippen LogP contribution in [0.1, 0.15) is 16.1 Å². The predicted octanol–water partition coefficient (Wildman–Crippen LogP) is 1.95. The Hall–Kier alpha value is -3.47. The molecular weight excluding hydrogens is 383 g/mol. The van der Waals surface area contributed by atoms with E-state index in [0.29, 0.717) is 12.1 Å². The molecule has 0 aliphatic rings. The van der Waals surface area contributed by atoms with Gasteiger partial charge in [0.1, 0.15) is 11.3 Å². The summed E-state index contributed by atoms with van der Waals surface area (Å²) >= 11 is 0. The molecular formula is C16H10FN2O7S-. The van der Waals surface area contributed by atoms with Gasteiger partial charge in [-0.15, -0.1) is 0 Å². The van der Waals surface area contributed by atoms with E-state index in [0.717, 1.165) is 6.07 Å². The normalized spacial score (nSPS) is 11.5. The maximum absolute atomic E-state index is 13.4. The quantitative estimate of drug-likeness (QED) is 0.515. The fourth-order valence-electron chi connectivity index (χ4n) is 2.55. The van der Waals surface area contributed by atoms with Crippen LogP contribution in [0, 0.1) is 22.9 Å². The number of carbonyl (C=O) groups excluding carboxylic acids is 1. The molecule has 0 atom stereocenters. The number of halogens is 1. The van der Waals surface area contributed by atoms with Crippen LogP contribution in [0.25, 0.3) is 11.0 Å². The van der Waals surface area contributed by atoms with Gasteiger partial charge >= 0.3 is 5.69 Å². The Balaban J connectivity index is 2.04. The molecule has 0 aliphatic heterocycles. The molecule has 3 rings (SSSR count). The smallest absolute Gasteiger partial charge is 0.306 e. The maximum atomic E-state index is 13.4. The Labute approximate surface area is 151 Å². The predicted molar refractivity (Wildman–Crippen MR) is 89.1 cm³/mol. The molecule has 3 aromatic rings. The lowest BCUT2D eigenvalue weighted by atomic mass is 10.1. The van der Waals surface area contributed by atoms with Crippen LogP contribution < -0.4 is 9.83 Å². The number of carbonyl (C=O) groups is 1. The van der Waals surface area contributed by atoms with E-state index in [4.69, 9.17) is 4.42 Å². The van der Waals surface area contributed by atoms with Crippen molar-refractivity contribution in [2.45, 2.75) is 11.8 Å². The first kappa shape index (κ1) is 18.3. The van der Waals surface area contributed by atoms with Crippen molar-refractivity contribution in [1.82, 2.24) is 0 Å². The van der Waals surface area contributed by atoms with Gasteiger partial charge in [0.05, 0.1) is 15.8 Å². The molecule has 0 unspecified atom stereocenters. The van der Waals surface area contributed by atoms with E-state index < -0.39 is 37.3 Å². The van der Waals surface area contributed by atoms with Gasteiger partial charge in [-0.25, -0.2) is 8.42 Å². The average molecular weight is 393 g/mol. The number of aromatic carboxylic acids is 1. The topological polar surface area (TPSA) is 143 Å². The number of carboxylic acids is 1. The summed E-state index contributed by atoms with van der Waals surface area (Å²) < 4.78 is 45.7. The SMILES string of the molecule is Cc1oc2ccc(NS(=O)(=O)c3ccc(F)c([N+](=O)[O-])c3)cc2c1C(=O)[O-]. The second-order valence-corrected chi connectivity index (χ2v) is 7.19. The van der Waals surface area contributed by atoms with Crippen molar-refractivity contribution in [3.63, 3.8) is 0 Å². The number of carboxylic acid groups (broad SMARTS) is 1. The summed E-state index contributed by atoms with van der Waals surface area (Å²) in [6, 6.07) is 6.04. The highest BCUT2D eigenvalue weighted by Gasteiger charge is 2.22. The number of aryl methyl sites for hydroxylation is 1. The Morgan fingerprint density at radius 2 is 1.93 bits per heavy atom. The summed E-state index contributed by atoms with van der Waals surface area (Å²) in [5, 5.41) is 22.1. The summed E-state index contributed by atoms with van der Waals surface area (Å²) in [7, 11) is -4.30. The van der Waals surface area contributed by atoms with E-state index >= 15 is 0 Å². The standard InChI is InChI=1S/C16H11FN2O7S/c1-8-15(16(20)21)11-6-9(2-5-14(11)26-8)18-27(24,25)10-3-4-12(17)13(7-10)19(22)23/h2-7,18H,1H3,(H,20,21)/p-1. The van der Waals surface area contributed by atoms with E-state index in [1.807, 2.05) is 0 Å². The second kappa shape index (κ2) is 6.36. The van der Waals surface area contributed by atoms with Gasteiger partial charge in [0.15, 0.2) is 0 Å². The zero-order valence-corrected chi connectivity index (χ0v) is 14.4. The lowest BCUT2D eigenvalue weighted by molar-refractivity contribution is -0.387. The van der Waals surface area contributed by atoms with Crippen molar-refractivity contribution in [3.05, 3.63) is 63.7 Å². The highest BCUT2D eigenvalue weighted by molar-refractivity contribution is 7.92. The van der Waals surface area contributed by atoms with Gasteiger partial charge in [0.2, 0.25) is 5.82 Å². The summed E-state index contributed by atoms with van der Waals surface area (Å²) in [4.78, 5) is 20.5. The summed E-state index contributed by atoms with van der Waals surface area (Å²) in [6.07, 6.45) is 0. The maximum Gasteiger partial charge on any atom is 0.306 e. The zero-order chi connectivity index (χ0) is 19.9. The molecule has 1 aromatic heterocycles. The number of anilines is 1. The minimum absolute atomic E-state index is 0.0159. The zero-order valence-electron chi connectivity index (χ0n) is 13.6. The Bertz CT molecular complexity index is 1200. The van der Waals surface area contributed by atoms with Crippen molar-refractivity contribution in [3.8, 4) is 0 Å². The number of sulfonamides is 1. The number of fused-ring (bicyclic) bond motifs is 1. The molecule has 1 N–H and O–H groups in total. The molecule has 0 amide bonds. The van der Waals surface area contributed by atoms with Crippen LogP contribution in [0.4, 0.5) is 15.8 Å². The van der Waals surface area contributed by atoms with Crippen molar-refractivity contribution >= 4 is 38.3 Å². The Morgan fingerprint density at radius 3 is 2.56 bits per heavy atom. The fourth-order valence-corrected chi connectivity index (χ4v) is 3.62. The molecule has 11 heteroatoms. The van der Waals surface area contributed by atoms with Gasteiger partial charge in [0.25, 0.3) is 10.0 Å². The monoisotopic (exact) mass is 393 g/mol. The average Bonchev–Trinajstić information content (AvgIpc) is 2.89. The minimum atomic E-state index is -4.30. The second-order valence-electron chi connectivity index (χ2n) is 5.51. The van der Waals surface area contributed by atoms with E-state index in [1.54, 1.807) is 0 Å². The number of nitro groups is 1. The lowest BCUT2D eigenvalue weighted by Gasteiger charge is -2.09. The Morgan fingerprint density at radius 1 is 1.22 bits per heavy atom.